The Morgan fingerprint density at radius 2 is 1.78 bits per heavy atom. The van der Waals surface area contributed by atoms with Crippen molar-refractivity contribution >= 4 is 52.9 Å². The summed E-state index contributed by atoms with van der Waals surface area (Å²) in [5, 5.41) is 5.62. The fourth-order valence-electron chi connectivity index (χ4n) is 3.60. The lowest BCUT2D eigenvalue weighted by molar-refractivity contribution is -0.130. The molecule has 1 aliphatic rings. The molecule has 0 atom stereocenters. The van der Waals surface area contributed by atoms with E-state index < -0.39 is 5.82 Å². The summed E-state index contributed by atoms with van der Waals surface area (Å²) in [5.41, 5.74) is 1.19. The Labute approximate surface area is 204 Å². The predicted molar refractivity (Wildman–Crippen MR) is 127 cm³/mol. The van der Waals surface area contributed by atoms with Gasteiger partial charge in [0.25, 0.3) is 0 Å². The molecule has 0 spiro atoms. The number of piperazine rings is 1. The van der Waals surface area contributed by atoms with Gasteiger partial charge in [-0.1, -0.05) is 34.8 Å². The first-order valence-electron chi connectivity index (χ1n) is 9.83. The van der Waals surface area contributed by atoms with Gasteiger partial charge in [0, 0.05) is 43.7 Å². The molecule has 0 aliphatic carbocycles. The van der Waals surface area contributed by atoms with E-state index >= 15 is 0 Å². The molecule has 168 valence electrons. The van der Waals surface area contributed by atoms with Crippen molar-refractivity contribution in [2.24, 2.45) is 0 Å². The molecule has 1 aliphatic heterocycles. The quantitative estimate of drug-likeness (QED) is 0.444. The third-order valence-electron chi connectivity index (χ3n) is 5.32. The Morgan fingerprint density at radius 1 is 1.06 bits per heavy atom. The second kappa shape index (κ2) is 9.49. The molecule has 1 aromatic heterocycles. The maximum absolute atomic E-state index is 13.8. The molecule has 6 nitrogen and oxygen atoms in total. The van der Waals surface area contributed by atoms with E-state index in [1.807, 2.05) is 4.90 Å². The van der Waals surface area contributed by atoms with Crippen LogP contribution < -0.4 is 0 Å². The van der Waals surface area contributed by atoms with Crippen molar-refractivity contribution in [3.8, 4) is 17.1 Å². The molecule has 1 amide bonds. The first-order chi connectivity index (χ1) is 15.2. The number of nitrogens with zero attached hydrogens (tertiary/aromatic N) is 5. The number of carbonyl (C=O) groups excluding carboxylic acids is 1. The van der Waals surface area contributed by atoms with E-state index in [0.29, 0.717) is 64.7 Å². The summed E-state index contributed by atoms with van der Waals surface area (Å²) in [6.07, 6.45) is 0. The molecule has 32 heavy (non-hydrogen) atoms. The lowest BCUT2D eigenvalue weighted by Gasteiger charge is -2.33. The monoisotopic (exact) mass is 513 g/mol. The lowest BCUT2D eigenvalue weighted by Crippen LogP contribution is -2.48. The molecule has 2 aromatic carbocycles. The topological polar surface area (TPSA) is 46.3 Å². The molecule has 1 fully saturated rings. The Morgan fingerprint density at radius 3 is 2.41 bits per heavy atom. The van der Waals surface area contributed by atoms with Gasteiger partial charge in [-0.05, 0) is 48.6 Å². The van der Waals surface area contributed by atoms with Crippen LogP contribution in [0.5, 0.6) is 0 Å². The van der Waals surface area contributed by atoms with Gasteiger partial charge in [0.15, 0.2) is 5.82 Å². The normalized spacial score (nSPS) is 14.7. The van der Waals surface area contributed by atoms with Crippen LogP contribution in [0.15, 0.2) is 36.4 Å². The van der Waals surface area contributed by atoms with E-state index in [2.05, 4.69) is 4.90 Å². The number of carbonyl (C=O) groups is 1. The van der Waals surface area contributed by atoms with E-state index in [0.717, 1.165) is 0 Å². The highest BCUT2D eigenvalue weighted by atomic mass is 35.5. The first-order valence-corrected chi connectivity index (χ1v) is 11.4. The maximum Gasteiger partial charge on any atom is 0.219 e. The SMILES string of the molecule is CC(=O)N1CCN(Cn2nc(-c3ccc(Cl)cc3Cl)n(-c3ccc(F)c(Cl)c3)c2=S)CC1. The molecule has 1 saturated heterocycles. The third-order valence-corrected chi connectivity index (χ3v) is 6.56. The van der Waals surface area contributed by atoms with Crippen molar-refractivity contribution < 1.29 is 9.18 Å². The highest BCUT2D eigenvalue weighted by Crippen LogP contribution is 2.32. The molecule has 4 rings (SSSR count). The largest absolute Gasteiger partial charge is 0.340 e. The standard InChI is InChI=1S/C21H19Cl3FN5OS/c1-13(31)28-8-6-27(7-9-28)12-29-21(32)30(15-3-5-19(25)18(24)11-15)20(26-29)16-4-2-14(22)10-17(16)23/h2-5,10-11H,6-9,12H2,1H3. The van der Waals surface area contributed by atoms with Crippen LogP contribution in [0, 0.1) is 10.6 Å². The zero-order chi connectivity index (χ0) is 23.0. The summed E-state index contributed by atoms with van der Waals surface area (Å²) < 4.78 is 17.6. The highest BCUT2D eigenvalue weighted by molar-refractivity contribution is 7.71. The summed E-state index contributed by atoms with van der Waals surface area (Å²) in [5.74, 6) is 0.0313. The third kappa shape index (κ3) is 4.70. The van der Waals surface area contributed by atoms with Gasteiger partial charge in [-0.25, -0.2) is 9.07 Å². The molecule has 0 saturated carbocycles. The predicted octanol–water partition coefficient (Wildman–Crippen LogP) is 5.29. The summed E-state index contributed by atoms with van der Waals surface area (Å²) in [6, 6.07) is 9.47. The number of benzene rings is 2. The fourth-order valence-corrected chi connectivity index (χ4v) is 4.55. The fraction of sp³-hybridized carbons (Fsp3) is 0.286. The highest BCUT2D eigenvalue weighted by Gasteiger charge is 2.22. The summed E-state index contributed by atoms with van der Waals surface area (Å²) >= 11 is 24.3. The van der Waals surface area contributed by atoms with Crippen molar-refractivity contribution in [1.82, 2.24) is 24.1 Å². The maximum atomic E-state index is 13.8. The van der Waals surface area contributed by atoms with Crippen LogP contribution >= 0.6 is 47.0 Å². The van der Waals surface area contributed by atoms with Gasteiger partial charge in [-0.2, -0.15) is 0 Å². The molecule has 0 unspecified atom stereocenters. The van der Waals surface area contributed by atoms with Gasteiger partial charge in [-0.3, -0.25) is 14.3 Å². The minimum atomic E-state index is -0.524. The summed E-state index contributed by atoms with van der Waals surface area (Å²) in [6.45, 7) is 4.70. The van der Waals surface area contributed by atoms with Gasteiger partial charge < -0.3 is 4.90 Å². The Bertz CT molecular complexity index is 1240. The Hall–Kier alpha value is -1.97. The summed E-state index contributed by atoms with van der Waals surface area (Å²) in [4.78, 5) is 15.6. The molecule has 0 N–H and O–H groups in total. The second-order valence-corrected chi connectivity index (χ2v) is 9.05. The summed E-state index contributed by atoms with van der Waals surface area (Å²) in [7, 11) is 0. The second-order valence-electron chi connectivity index (χ2n) is 7.43. The molecule has 2 heterocycles. The molecule has 3 aromatic rings. The molecule has 0 bridgehead atoms. The molecule has 11 heteroatoms. The zero-order valence-electron chi connectivity index (χ0n) is 17.1. The van der Waals surface area contributed by atoms with Crippen LogP contribution in [-0.2, 0) is 11.5 Å². The van der Waals surface area contributed by atoms with Crippen molar-refractivity contribution in [2.45, 2.75) is 13.6 Å². The van der Waals surface area contributed by atoms with Crippen LogP contribution in [-0.4, -0.2) is 56.2 Å². The number of hydrogen-bond donors (Lipinski definition) is 0. The van der Waals surface area contributed by atoms with Crippen molar-refractivity contribution in [3.63, 3.8) is 0 Å². The lowest BCUT2D eigenvalue weighted by atomic mass is 10.2. The van der Waals surface area contributed by atoms with Crippen LogP contribution in [0.25, 0.3) is 17.1 Å². The van der Waals surface area contributed by atoms with E-state index in [4.69, 9.17) is 52.1 Å². The Balaban J connectivity index is 1.76. The van der Waals surface area contributed by atoms with Gasteiger partial charge in [-0.15, -0.1) is 5.10 Å². The van der Waals surface area contributed by atoms with Crippen LogP contribution in [0.3, 0.4) is 0 Å². The molecular weight excluding hydrogens is 496 g/mol. The number of amides is 1. The van der Waals surface area contributed by atoms with Crippen LogP contribution in [0.4, 0.5) is 4.39 Å². The van der Waals surface area contributed by atoms with E-state index in [9.17, 15) is 9.18 Å². The van der Waals surface area contributed by atoms with Gasteiger partial charge >= 0.3 is 0 Å². The first kappa shape index (κ1) is 23.2. The number of rotatable bonds is 4. The zero-order valence-corrected chi connectivity index (χ0v) is 20.1. The number of halogens is 4. The van der Waals surface area contributed by atoms with Gasteiger partial charge in [0.05, 0.1) is 22.4 Å². The Kier molecular flexibility index (Phi) is 6.88. The van der Waals surface area contributed by atoms with Gasteiger partial charge in [0.1, 0.15) is 5.82 Å². The van der Waals surface area contributed by atoms with Crippen LogP contribution in [0.1, 0.15) is 6.92 Å². The molecular formula is C21H19Cl3FN5OS. The van der Waals surface area contributed by atoms with E-state index in [1.165, 1.54) is 12.1 Å². The number of hydrogen-bond acceptors (Lipinski definition) is 4. The minimum absolute atomic E-state index is 0.0225. The van der Waals surface area contributed by atoms with Crippen molar-refractivity contribution in [1.29, 1.82) is 0 Å². The van der Waals surface area contributed by atoms with Crippen molar-refractivity contribution in [3.05, 3.63) is 62.1 Å². The average Bonchev–Trinajstić information content (AvgIpc) is 3.06. The van der Waals surface area contributed by atoms with Crippen LogP contribution in [0.2, 0.25) is 15.1 Å². The van der Waals surface area contributed by atoms with E-state index in [-0.39, 0.29) is 10.9 Å². The number of aromatic nitrogens is 3. The van der Waals surface area contributed by atoms with E-state index in [1.54, 1.807) is 40.4 Å². The minimum Gasteiger partial charge on any atom is -0.340 e. The molecule has 0 radical (unpaired) electrons. The van der Waals surface area contributed by atoms with Crippen molar-refractivity contribution in [2.75, 3.05) is 26.2 Å². The van der Waals surface area contributed by atoms with Gasteiger partial charge in [0.2, 0.25) is 10.7 Å². The smallest absolute Gasteiger partial charge is 0.219 e. The average molecular weight is 515 g/mol.